The number of azo groups is 1. The van der Waals surface area contributed by atoms with Crippen LogP contribution >= 0.6 is 0 Å². The van der Waals surface area contributed by atoms with Gasteiger partial charge in [0, 0.05) is 35.8 Å². The maximum absolute atomic E-state index is 14.3. The van der Waals surface area contributed by atoms with E-state index in [1.54, 1.807) is 13.0 Å². The van der Waals surface area contributed by atoms with E-state index < -0.39 is 79.4 Å². The normalized spacial score (nSPS) is 16.4. The zero-order valence-corrected chi connectivity index (χ0v) is 26.6. The Hall–Kier alpha value is -4.51. The minimum absolute atomic E-state index is 0.00104. The van der Waals surface area contributed by atoms with Crippen LogP contribution < -0.4 is 27.4 Å². The topological polar surface area (TPSA) is 293 Å². The summed E-state index contributed by atoms with van der Waals surface area (Å²) in [6.07, 6.45) is 3.07. The number of carbonyl (C=O) groups excluding carboxylic acids is 1. The minimum Gasteiger partial charge on any atom is -0.384 e. The third-order valence-electron chi connectivity index (χ3n) is 6.43. The van der Waals surface area contributed by atoms with Gasteiger partial charge in [-0.2, -0.15) is 25.3 Å². The fraction of sp³-hybridized carbons (Fsp3) is 0.192. The van der Waals surface area contributed by atoms with Gasteiger partial charge in [-0.05, 0) is 66.9 Å². The Morgan fingerprint density at radius 3 is 2.21 bits per heavy atom. The number of amides is 2. The maximum Gasteiger partial charge on any atom is 0.316 e. The van der Waals surface area contributed by atoms with Crippen LogP contribution in [0.3, 0.4) is 0 Å². The van der Waals surface area contributed by atoms with Crippen LogP contribution in [0.2, 0.25) is 0 Å². The molecule has 17 nitrogen and oxygen atoms in total. The molecule has 0 fully saturated rings. The van der Waals surface area contributed by atoms with E-state index in [1.165, 1.54) is 24.3 Å². The van der Waals surface area contributed by atoms with Gasteiger partial charge >= 0.3 is 6.03 Å². The number of carbonyl (C=O) groups is 1. The van der Waals surface area contributed by atoms with Crippen LogP contribution in [-0.4, -0.2) is 63.6 Å². The van der Waals surface area contributed by atoms with Crippen molar-refractivity contribution >= 4 is 69.9 Å². The van der Waals surface area contributed by atoms with E-state index in [0.717, 1.165) is 6.07 Å². The average Bonchev–Trinajstić information content (AvgIpc) is 2.92. The van der Waals surface area contributed by atoms with Crippen molar-refractivity contribution in [3.8, 4) is 0 Å². The molecule has 0 saturated carbocycles. The molecule has 1 aliphatic carbocycles. The Kier molecular flexibility index (Phi) is 10.0. The van der Waals surface area contributed by atoms with Crippen molar-refractivity contribution in [2.75, 3.05) is 17.2 Å². The first-order chi connectivity index (χ1) is 21.7. The van der Waals surface area contributed by atoms with Crippen LogP contribution in [0.25, 0.3) is 10.8 Å². The number of rotatable bonds is 11. The summed E-state index contributed by atoms with van der Waals surface area (Å²) in [7, 11) is -15.3. The van der Waals surface area contributed by atoms with Crippen molar-refractivity contribution in [1.29, 1.82) is 0 Å². The summed E-state index contributed by atoms with van der Waals surface area (Å²) in [5.74, 6) is -0.408. The molecule has 10 N–H and O–H groups in total. The number of halogens is 1. The molecular weight excluding hydrogens is 686 g/mol. The molecule has 2 atom stereocenters. The van der Waals surface area contributed by atoms with Crippen molar-refractivity contribution in [2.24, 2.45) is 21.7 Å². The second-order valence-corrected chi connectivity index (χ2v) is 14.5. The average molecular weight is 714 g/mol. The lowest BCUT2D eigenvalue weighted by Crippen LogP contribution is -2.32. The first kappa shape index (κ1) is 35.3. The Balaban J connectivity index is 1.78. The molecule has 0 heterocycles. The first-order valence-electron chi connectivity index (χ1n) is 13.2. The number of urea groups is 1. The summed E-state index contributed by atoms with van der Waals surface area (Å²) in [5, 5.41) is 15.2. The Labute approximate surface area is 267 Å². The van der Waals surface area contributed by atoms with Crippen LogP contribution in [0.15, 0.2) is 91.1 Å². The van der Waals surface area contributed by atoms with Crippen molar-refractivity contribution < 1.29 is 48.1 Å². The Morgan fingerprint density at radius 1 is 0.957 bits per heavy atom. The lowest BCUT2D eigenvalue weighted by Gasteiger charge is -2.22. The van der Waals surface area contributed by atoms with Crippen LogP contribution in [0, 0.1) is 0 Å². The van der Waals surface area contributed by atoms with Gasteiger partial charge in [-0.1, -0.05) is 0 Å². The lowest BCUT2D eigenvalue weighted by atomic mass is 10.0. The molecule has 3 aromatic rings. The molecule has 0 saturated heterocycles. The molecule has 0 bridgehead atoms. The molecule has 0 aromatic heterocycles. The molecule has 252 valence electrons. The van der Waals surface area contributed by atoms with Gasteiger partial charge in [0.1, 0.15) is 27.0 Å². The van der Waals surface area contributed by atoms with Crippen molar-refractivity contribution in [2.45, 2.75) is 40.1 Å². The minimum atomic E-state index is -5.16. The molecule has 1 aliphatic rings. The molecule has 0 aliphatic heterocycles. The standard InChI is InChI=1S/C26H28FN7O10S3/c1-13(28)12-30-17-6-15(27)7-18(8-17)31-16-2-3-21(22(9-16)32-26(29)35)33-34-23-11-20-14(5-25(23)47(42,43)44)4-19(45(36,37)38)10-24(20)46(39,40)41/h2-6,8-11,13,18,30-31H,7,12,28H2,1H3,(H3,29,32,35)(H,36,37,38)(H,39,40,41)(H,42,43,44)/b34-33+. The summed E-state index contributed by atoms with van der Waals surface area (Å²) in [5.41, 5.74) is 11.1. The van der Waals surface area contributed by atoms with E-state index in [1.807, 2.05) is 0 Å². The monoisotopic (exact) mass is 713 g/mol. The van der Waals surface area contributed by atoms with Gasteiger partial charge in [-0.3, -0.25) is 13.7 Å². The van der Waals surface area contributed by atoms with Crippen LogP contribution in [0.5, 0.6) is 0 Å². The maximum atomic E-state index is 14.3. The number of fused-ring (bicyclic) bond motifs is 1. The lowest BCUT2D eigenvalue weighted by molar-refractivity contribution is 0.259. The molecule has 21 heteroatoms. The SMILES string of the molecule is CC(N)CNC1=CC(Nc2ccc(/N=N/c3cc4c(S(=O)(=O)O)cc(S(=O)(=O)O)cc4cc3S(=O)(=O)O)c(NC(N)=O)c2)CC(F)=C1. The highest BCUT2D eigenvalue weighted by Crippen LogP contribution is 2.37. The number of anilines is 2. The van der Waals surface area contributed by atoms with Crippen LogP contribution in [0.4, 0.5) is 31.9 Å². The first-order valence-corrected chi connectivity index (χ1v) is 17.5. The third kappa shape index (κ3) is 9.06. The second-order valence-electron chi connectivity index (χ2n) is 10.3. The zero-order chi connectivity index (χ0) is 34.9. The predicted molar refractivity (Wildman–Crippen MR) is 168 cm³/mol. The van der Waals surface area contributed by atoms with E-state index >= 15 is 0 Å². The van der Waals surface area contributed by atoms with Crippen molar-refractivity contribution in [3.63, 3.8) is 0 Å². The van der Waals surface area contributed by atoms with Gasteiger partial charge in [0.05, 0.1) is 16.6 Å². The Bertz CT molecular complexity index is 2190. The highest BCUT2D eigenvalue weighted by atomic mass is 32.2. The molecule has 2 unspecified atom stereocenters. The molecule has 0 radical (unpaired) electrons. The Morgan fingerprint density at radius 2 is 1.62 bits per heavy atom. The number of primary amides is 1. The van der Waals surface area contributed by atoms with Gasteiger partial charge in [0.25, 0.3) is 30.4 Å². The number of benzene rings is 3. The van der Waals surface area contributed by atoms with Crippen LogP contribution in [0.1, 0.15) is 13.3 Å². The quantitative estimate of drug-likeness (QED) is 0.105. The summed E-state index contributed by atoms with van der Waals surface area (Å²) >= 11 is 0. The predicted octanol–water partition coefficient (Wildman–Crippen LogP) is 3.34. The zero-order valence-electron chi connectivity index (χ0n) is 24.1. The smallest absolute Gasteiger partial charge is 0.316 e. The van der Waals surface area contributed by atoms with Gasteiger partial charge in [-0.15, -0.1) is 10.2 Å². The number of nitrogens with two attached hydrogens (primary N) is 2. The third-order valence-corrected chi connectivity index (χ3v) is 9.04. The fourth-order valence-corrected chi connectivity index (χ4v) is 6.46. The highest BCUT2D eigenvalue weighted by Gasteiger charge is 2.25. The summed E-state index contributed by atoms with van der Waals surface area (Å²) in [4.78, 5) is 8.76. The number of allylic oxidation sites excluding steroid dienone is 1. The molecular formula is C26H28FN7O10S3. The molecule has 4 rings (SSSR count). The molecule has 0 spiro atoms. The van der Waals surface area contributed by atoms with Gasteiger partial charge in [-0.25, -0.2) is 9.18 Å². The molecule has 3 aromatic carbocycles. The van der Waals surface area contributed by atoms with Gasteiger partial charge in [0.2, 0.25) is 0 Å². The van der Waals surface area contributed by atoms with Crippen LogP contribution in [-0.2, 0) is 30.4 Å². The molecule has 2 amide bonds. The van der Waals surface area contributed by atoms with Crippen molar-refractivity contribution in [1.82, 2.24) is 5.32 Å². The van der Waals surface area contributed by atoms with E-state index in [-0.39, 0.29) is 23.8 Å². The van der Waals surface area contributed by atoms with Crippen molar-refractivity contribution in [3.05, 3.63) is 66.1 Å². The number of hydrogen-bond donors (Lipinski definition) is 8. The number of hydrogen-bond acceptors (Lipinski definition) is 12. The van der Waals surface area contributed by atoms with Gasteiger partial charge in [0.15, 0.2) is 0 Å². The van der Waals surface area contributed by atoms with E-state index in [9.17, 15) is 48.1 Å². The number of nitrogens with one attached hydrogen (secondary N) is 3. The second kappa shape index (κ2) is 13.3. The molecule has 47 heavy (non-hydrogen) atoms. The largest absolute Gasteiger partial charge is 0.384 e. The van der Waals surface area contributed by atoms with Gasteiger partial charge < -0.3 is 27.4 Å². The van der Waals surface area contributed by atoms with E-state index in [4.69, 9.17) is 11.5 Å². The van der Waals surface area contributed by atoms with E-state index in [2.05, 4.69) is 26.2 Å². The summed E-state index contributed by atoms with van der Waals surface area (Å²) in [6, 6.07) is 5.00. The fourth-order valence-electron chi connectivity index (χ4n) is 4.48. The summed E-state index contributed by atoms with van der Waals surface area (Å²) < 4.78 is 115. The van der Waals surface area contributed by atoms with E-state index in [0.29, 0.717) is 36.1 Å². The summed E-state index contributed by atoms with van der Waals surface area (Å²) in [6.45, 7) is 2.18. The highest BCUT2D eigenvalue weighted by molar-refractivity contribution is 7.87. The number of nitrogens with zero attached hydrogens (tertiary/aromatic N) is 2.